The van der Waals surface area contributed by atoms with Crippen molar-refractivity contribution in [3.63, 3.8) is 0 Å². The van der Waals surface area contributed by atoms with Gasteiger partial charge in [-0.25, -0.2) is 0 Å². The Kier molecular flexibility index (Phi) is 9.20. The summed E-state index contributed by atoms with van der Waals surface area (Å²) in [4.78, 5) is 0. The van der Waals surface area contributed by atoms with E-state index in [2.05, 4.69) is 35.6 Å². The maximum atomic E-state index is 6.12. The van der Waals surface area contributed by atoms with Crippen LogP contribution in [0.1, 0.15) is 24.8 Å². The molecule has 0 aliphatic heterocycles. The van der Waals surface area contributed by atoms with Crippen LogP contribution in [0.2, 0.25) is 10.0 Å². The molecule has 0 spiro atoms. The number of hydrogen-bond donors (Lipinski definition) is 1. The lowest BCUT2D eigenvalue weighted by atomic mass is 10.1. The lowest BCUT2D eigenvalue weighted by Crippen LogP contribution is -2.07. The van der Waals surface area contributed by atoms with Crippen molar-refractivity contribution >= 4 is 28.9 Å². The molecule has 0 unspecified atom stereocenters. The third-order valence-corrected chi connectivity index (χ3v) is 5.17. The standard InChI is InChI=1S/C25H27Cl2NO2/c26-21-14-15-24(22(27)19-21)29-17-7-6-16-28-23-12-4-5-13-25(23)30-18-8-11-20-9-2-1-3-10-20/h1-5,9-10,12-15,19,28H,6-8,11,16-18H2. The van der Waals surface area contributed by atoms with Crippen LogP contribution < -0.4 is 14.8 Å². The van der Waals surface area contributed by atoms with E-state index in [1.165, 1.54) is 5.56 Å². The van der Waals surface area contributed by atoms with Gasteiger partial charge in [0.15, 0.2) is 0 Å². The second kappa shape index (κ2) is 12.4. The van der Waals surface area contributed by atoms with Crippen LogP contribution in [0.25, 0.3) is 0 Å². The molecule has 0 saturated carbocycles. The van der Waals surface area contributed by atoms with Gasteiger partial charge < -0.3 is 14.8 Å². The number of halogens is 2. The molecule has 3 nitrogen and oxygen atoms in total. The SMILES string of the molecule is Clc1ccc(OCCCCNc2ccccc2OCCCc2ccccc2)c(Cl)c1. The largest absolute Gasteiger partial charge is 0.492 e. The Labute approximate surface area is 188 Å². The van der Waals surface area contributed by atoms with E-state index >= 15 is 0 Å². The predicted molar refractivity (Wildman–Crippen MR) is 126 cm³/mol. The average molecular weight is 444 g/mol. The Morgan fingerprint density at radius 3 is 2.27 bits per heavy atom. The number of rotatable bonds is 12. The van der Waals surface area contributed by atoms with E-state index < -0.39 is 0 Å². The Bertz CT molecular complexity index is 903. The molecule has 158 valence electrons. The molecule has 30 heavy (non-hydrogen) atoms. The molecule has 3 rings (SSSR count). The highest BCUT2D eigenvalue weighted by atomic mass is 35.5. The number of benzene rings is 3. The lowest BCUT2D eigenvalue weighted by molar-refractivity contribution is 0.308. The second-order valence-corrected chi connectivity index (χ2v) is 7.83. The van der Waals surface area contributed by atoms with E-state index in [0.717, 1.165) is 43.7 Å². The Hall–Kier alpha value is -2.36. The third kappa shape index (κ3) is 7.47. The van der Waals surface area contributed by atoms with Crippen molar-refractivity contribution < 1.29 is 9.47 Å². The van der Waals surface area contributed by atoms with Crippen molar-refractivity contribution in [3.8, 4) is 11.5 Å². The average Bonchev–Trinajstić information content (AvgIpc) is 2.76. The highest BCUT2D eigenvalue weighted by Crippen LogP contribution is 2.28. The Morgan fingerprint density at radius 1 is 0.700 bits per heavy atom. The summed E-state index contributed by atoms with van der Waals surface area (Å²) in [7, 11) is 0. The summed E-state index contributed by atoms with van der Waals surface area (Å²) in [6, 6.07) is 23.8. The molecule has 0 aliphatic carbocycles. The van der Waals surface area contributed by atoms with E-state index in [1.54, 1.807) is 18.2 Å². The molecule has 0 bridgehead atoms. The molecule has 0 fully saturated rings. The van der Waals surface area contributed by atoms with Gasteiger partial charge in [0, 0.05) is 11.6 Å². The van der Waals surface area contributed by atoms with Crippen LogP contribution in [-0.2, 0) is 6.42 Å². The maximum absolute atomic E-state index is 6.12. The van der Waals surface area contributed by atoms with Gasteiger partial charge in [-0.3, -0.25) is 0 Å². The van der Waals surface area contributed by atoms with Gasteiger partial charge >= 0.3 is 0 Å². The first-order valence-electron chi connectivity index (χ1n) is 10.3. The zero-order valence-corrected chi connectivity index (χ0v) is 18.5. The van der Waals surface area contributed by atoms with Crippen molar-refractivity contribution in [1.29, 1.82) is 0 Å². The molecule has 3 aromatic carbocycles. The van der Waals surface area contributed by atoms with Crippen molar-refractivity contribution in [3.05, 3.63) is 88.4 Å². The molecule has 0 saturated heterocycles. The Balaban J connectivity index is 1.34. The van der Waals surface area contributed by atoms with Crippen molar-refractivity contribution in [1.82, 2.24) is 0 Å². The summed E-state index contributed by atoms with van der Waals surface area (Å²) in [6.07, 6.45) is 3.91. The summed E-state index contributed by atoms with van der Waals surface area (Å²) in [5, 5.41) is 4.61. The minimum atomic E-state index is 0.541. The fourth-order valence-corrected chi connectivity index (χ4v) is 3.53. The van der Waals surface area contributed by atoms with Gasteiger partial charge in [0.25, 0.3) is 0 Å². The van der Waals surface area contributed by atoms with Gasteiger partial charge in [0.05, 0.1) is 23.9 Å². The molecule has 0 aliphatic rings. The van der Waals surface area contributed by atoms with Crippen molar-refractivity contribution in [2.75, 3.05) is 25.1 Å². The van der Waals surface area contributed by atoms with Crippen LogP contribution in [0.5, 0.6) is 11.5 Å². The minimum Gasteiger partial charge on any atom is -0.492 e. The molecule has 0 aromatic heterocycles. The molecule has 5 heteroatoms. The number of hydrogen-bond acceptors (Lipinski definition) is 3. The zero-order valence-electron chi connectivity index (χ0n) is 17.0. The number of para-hydroxylation sites is 2. The number of aryl methyl sites for hydroxylation is 1. The topological polar surface area (TPSA) is 30.5 Å². The first-order chi connectivity index (χ1) is 14.7. The van der Waals surface area contributed by atoms with Crippen LogP contribution >= 0.6 is 23.2 Å². The van der Waals surface area contributed by atoms with Gasteiger partial charge in [-0.1, -0.05) is 65.7 Å². The van der Waals surface area contributed by atoms with Crippen LogP contribution in [0.4, 0.5) is 5.69 Å². The Morgan fingerprint density at radius 2 is 1.43 bits per heavy atom. The molecule has 0 heterocycles. The van der Waals surface area contributed by atoms with Crippen molar-refractivity contribution in [2.24, 2.45) is 0 Å². The first-order valence-corrected chi connectivity index (χ1v) is 11.1. The van der Waals surface area contributed by atoms with E-state index in [9.17, 15) is 0 Å². The van der Waals surface area contributed by atoms with Gasteiger partial charge in [0.1, 0.15) is 11.5 Å². The number of unbranched alkanes of at least 4 members (excludes halogenated alkanes) is 1. The summed E-state index contributed by atoms with van der Waals surface area (Å²) in [5.41, 5.74) is 2.37. The summed E-state index contributed by atoms with van der Waals surface area (Å²) < 4.78 is 11.7. The molecular formula is C25H27Cl2NO2. The fourth-order valence-electron chi connectivity index (χ4n) is 3.07. The van der Waals surface area contributed by atoms with Crippen LogP contribution in [0.15, 0.2) is 72.8 Å². The van der Waals surface area contributed by atoms with E-state index in [0.29, 0.717) is 29.0 Å². The maximum Gasteiger partial charge on any atom is 0.142 e. The van der Waals surface area contributed by atoms with Gasteiger partial charge in [-0.15, -0.1) is 0 Å². The number of ether oxygens (including phenoxy) is 2. The van der Waals surface area contributed by atoms with E-state index in [4.69, 9.17) is 32.7 Å². The summed E-state index contributed by atoms with van der Waals surface area (Å²) in [5.74, 6) is 1.57. The normalized spacial score (nSPS) is 10.6. The number of anilines is 1. The summed E-state index contributed by atoms with van der Waals surface area (Å²) >= 11 is 12.0. The quantitative estimate of drug-likeness (QED) is 0.298. The highest BCUT2D eigenvalue weighted by Gasteiger charge is 2.04. The third-order valence-electron chi connectivity index (χ3n) is 4.64. The molecule has 0 amide bonds. The van der Waals surface area contributed by atoms with E-state index in [-0.39, 0.29) is 0 Å². The fraction of sp³-hybridized carbons (Fsp3) is 0.280. The van der Waals surface area contributed by atoms with Crippen LogP contribution in [0.3, 0.4) is 0 Å². The predicted octanol–water partition coefficient (Wildman–Crippen LogP) is 7.28. The first kappa shape index (κ1) is 22.3. The highest BCUT2D eigenvalue weighted by molar-refractivity contribution is 6.35. The monoisotopic (exact) mass is 443 g/mol. The second-order valence-electron chi connectivity index (χ2n) is 6.99. The van der Waals surface area contributed by atoms with Gasteiger partial charge in [0.2, 0.25) is 0 Å². The van der Waals surface area contributed by atoms with Crippen LogP contribution in [-0.4, -0.2) is 19.8 Å². The van der Waals surface area contributed by atoms with Gasteiger partial charge in [-0.2, -0.15) is 0 Å². The molecule has 0 atom stereocenters. The zero-order chi connectivity index (χ0) is 21.0. The van der Waals surface area contributed by atoms with Crippen LogP contribution in [0, 0.1) is 0 Å². The molecule has 1 N–H and O–H groups in total. The smallest absolute Gasteiger partial charge is 0.142 e. The van der Waals surface area contributed by atoms with Crippen molar-refractivity contribution in [2.45, 2.75) is 25.7 Å². The lowest BCUT2D eigenvalue weighted by Gasteiger charge is -2.13. The molecular weight excluding hydrogens is 417 g/mol. The number of nitrogens with one attached hydrogen (secondary N) is 1. The summed E-state index contributed by atoms with van der Waals surface area (Å²) in [6.45, 7) is 2.16. The molecule has 0 radical (unpaired) electrons. The van der Waals surface area contributed by atoms with Gasteiger partial charge in [-0.05, 0) is 61.6 Å². The van der Waals surface area contributed by atoms with E-state index in [1.807, 2.05) is 24.3 Å². The minimum absolute atomic E-state index is 0.541. The molecule has 3 aromatic rings.